The van der Waals surface area contributed by atoms with Gasteiger partial charge < -0.3 is 15.4 Å². The SMILES string of the molecule is CCNC(=O)CCOc1c(Br)cccc1CNC1CC1. The molecule has 1 saturated carbocycles. The molecule has 5 heteroatoms. The minimum atomic E-state index is 0.0252. The molecule has 0 aromatic heterocycles. The van der Waals surface area contributed by atoms with Crippen LogP contribution in [0.2, 0.25) is 0 Å². The molecule has 4 nitrogen and oxygen atoms in total. The molecular formula is C15H21BrN2O2. The number of hydrogen-bond acceptors (Lipinski definition) is 3. The molecule has 0 spiro atoms. The molecule has 0 aliphatic heterocycles. The molecule has 1 aromatic rings. The van der Waals surface area contributed by atoms with E-state index in [1.807, 2.05) is 19.1 Å². The van der Waals surface area contributed by atoms with Crippen LogP contribution in [0.15, 0.2) is 22.7 Å². The number of benzene rings is 1. The van der Waals surface area contributed by atoms with Crippen LogP contribution in [0.1, 0.15) is 31.7 Å². The summed E-state index contributed by atoms with van der Waals surface area (Å²) in [5, 5.41) is 6.25. The van der Waals surface area contributed by atoms with E-state index in [2.05, 4.69) is 32.6 Å². The average Bonchev–Trinajstić information content (AvgIpc) is 3.23. The average molecular weight is 341 g/mol. The first-order valence-corrected chi connectivity index (χ1v) is 7.90. The number of hydrogen-bond donors (Lipinski definition) is 2. The van der Waals surface area contributed by atoms with Crippen molar-refractivity contribution in [2.75, 3.05) is 13.2 Å². The van der Waals surface area contributed by atoms with E-state index in [1.54, 1.807) is 0 Å². The van der Waals surface area contributed by atoms with E-state index in [1.165, 1.54) is 12.8 Å². The number of ether oxygens (including phenoxy) is 1. The lowest BCUT2D eigenvalue weighted by atomic mass is 10.2. The first-order chi connectivity index (χ1) is 9.70. The number of amides is 1. The molecule has 0 saturated heterocycles. The summed E-state index contributed by atoms with van der Waals surface area (Å²) in [5.41, 5.74) is 1.13. The maximum atomic E-state index is 11.4. The van der Waals surface area contributed by atoms with Crippen molar-refractivity contribution in [3.63, 3.8) is 0 Å². The molecule has 1 aromatic carbocycles. The van der Waals surface area contributed by atoms with Gasteiger partial charge in [-0.05, 0) is 41.8 Å². The third-order valence-corrected chi connectivity index (χ3v) is 3.78. The minimum Gasteiger partial charge on any atom is -0.492 e. The Hall–Kier alpha value is -1.07. The highest BCUT2D eigenvalue weighted by Crippen LogP contribution is 2.30. The van der Waals surface area contributed by atoms with Gasteiger partial charge in [-0.3, -0.25) is 4.79 Å². The number of carbonyl (C=O) groups is 1. The van der Waals surface area contributed by atoms with Crippen molar-refractivity contribution in [3.05, 3.63) is 28.2 Å². The molecule has 2 rings (SSSR count). The van der Waals surface area contributed by atoms with Gasteiger partial charge in [0.05, 0.1) is 17.5 Å². The number of carbonyl (C=O) groups excluding carboxylic acids is 1. The van der Waals surface area contributed by atoms with Crippen molar-refractivity contribution >= 4 is 21.8 Å². The number of halogens is 1. The van der Waals surface area contributed by atoms with E-state index in [9.17, 15) is 4.79 Å². The van der Waals surface area contributed by atoms with Crippen LogP contribution < -0.4 is 15.4 Å². The summed E-state index contributed by atoms with van der Waals surface area (Å²) in [5.74, 6) is 0.863. The molecule has 1 aliphatic rings. The second-order valence-corrected chi connectivity index (χ2v) is 5.79. The van der Waals surface area contributed by atoms with E-state index in [-0.39, 0.29) is 5.91 Å². The highest BCUT2D eigenvalue weighted by molar-refractivity contribution is 9.10. The third-order valence-electron chi connectivity index (χ3n) is 3.16. The van der Waals surface area contributed by atoms with Crippen molar-refractivity contribution in [1.29, 1.82) is 0 Å². The van der Waals surface area contributed by atoms with E-state index in [0.717, 1.165) is 22.3 Å². The Labute approximate surface area is 128 Å². The molecule has 0 radical (unpaired) electrons. The predicted molar refractivity (Wildman–Crippen MR) is 82.8 cm³/mol. The normalized spacial score (nSPS) is 14.1. The lowest BCUT2D eigenvalue weighted by molar-refractivity contribution is -0.121. The van der Waals surface area contributed by atoms with Crippen LogP contribution >= 0.6 is 15.9 Å². The summed E-state index contributed by atoms with van der Waals surface area (Å²) in [6, 6.07) is 6.69. The van der Waals surface area contributed by atoms with E-state index in [4.69, 9.17) is 4.74 Å². The summed E-state index contributed by atoms with van der Waals surface area (Å²) in [6.45, 7) is 3.77. The molecule has 1 amide bonds. The second kappa shape index (κ2) is 7.64. The lowest BCUT2D eigenvalue weighted by Crippen LogP contribution is -2.24. The van der Waals surface area contributed by atoms with Crippen molar-refractivity contribution in [2.45, 2.75) is 38.8 Å². The van der Waals surface area contributed by atoms with Gasteiger partial charge in [0, 0.05) is 24.7 Å². The first kappa shape index (κ1) is 15.3. The fraction of sp³-hybridized carbons (Fsp3) is 0.533. The first-order valence-electron chi connectivity index (χ1n) is 7.11. The van der Waals surface area contributed by atoms with Gasteiger partial charge in [-0.1, -0.05) is 12.1 Å². The zero-order valence-electron chi connectivity index (χ0n) is 11.7. The standard InChI is InChI=1S/C15H21BrN2O2/c1-2-17-14(19)8-9-20-15-11(4-3-5-13(15)16)10-18-12-6-7-12/h3-5,12,18H,2,6-10H2,1H3,(H,17,19). The largest absolute Gasteiger partial charge is 0.492 e. The summed E-state index contributed by atoms with van der Waals surface area (Å²) < 4.78 is 6.72. The van der Waals surface area contributed by atoms with E-state index >= 15 is 0 Å². The number of nitrogens with one attached hydrogen (secondary N) is 2. The van der Waals surface area contributed by atoms with Gasteiger partial charge in [-0.2, -0.15) is 0 Å². The van der Waals surface area contributed by atoms with Crippen molar-refractivity contribution in [1.82, 2.24) is 10.6 Å². The van der Waals surface area contributed by atoms with Crippen LogP contribution in [0.5, 0.6) is 5.75 Å². The van der Waals surface area contributed by atoms with Crippen molar-refractivity contribution in [3.8, 4) is 5.75 Å². The van der Waals surface area contributed by atoms with Gasteiger partial charge in [0.1, 0.15) is 5.75 Å². The Morgan fingerprint density at radius 2 is 2.25 bits per heavy atom. The van der Waals surface area contributed by atoms with Crippen LogP contribution in [0.4, 0.5) is 0 Å². The summed E-state index contributed by atoms with van der Waals surface area (Å²) in [7, 11) is 0. The predicted octanol–water partition coefficient (Wildman–Crippen LogP) is 2.61. The van der Waals surface area contributed by atoms with E-state index in [0.29, 0.717) is 25.6 Å². The summed E-state index contributed by atoms with van der Waals surface area (Å²) in [6.07, 6.45) is 2.91. The molecule has 0 unspecified atom stereocenters. The molecular weight excluding hydrogens is 320 g/mol. The molecule has 1 aliphatic carbocycles. The van der Waals surface area contributed by atoms with Crippen LogP contribution in [0.25, 0.3) is 0 Å². The highest BCUT2D eigenvalue weighted by atomic mass is 79.9. The highest BCUT2D eigenvalue weighted by Gasteiger charge is 2.21. The fourth-order valence-corrected chi connectivity index (χ4v) is 2.45. The van der Waals surface area contributed by atoms with Crippen molar-refractivity contribution in [2.24, 2.45) is 0 Å². The third kappa shape index (κ3) is 4.80. The maximum absolute atomic E-state index is 11.4. The van der Waals surface area contributed by atoms with Gasteiger partial charge in [0.2, 0.25) is 5.91 Å². The fourth-order valence-electron chi connectivity index (χ4n) is 1.93. The Morgan fingerprint density at radius 1 is 1.45 bits per heavy atom. The lowest BCUT2D eigenvalue weighted by Gasteiger charge is -2.13. The van der Waals surface area contributed by atoms with Gasteiger partial charge in [-0.15, -0.1) is 0 Å². The van der Waals surface area contributed by atoms with Crippen LogP contribution in [-0.2, 0) is 11.3 Å². The van der Waals surface area contributed by atoms with Crippen molar-refractivity contribution < 1.29 is 9.53 Å². The van der Waals surface area contributed by atoms with Crippen LogP contribution in [0, 0.1) is 0 Å². The Balaban J connectivity index is 1.88. The molecule has 1 fully saturated rings. The molecule has 20 heavy (non-hydrogen) atoms. The van der Waals surface area contributed by atoms with E-state index < -0.39 is 0 Å². The molecule has 0 atom stereocenters. The zero-order valence-corrected chi connectivity index (χ0v) is 13.3. The Bertz CT molecular complexity index is 461. The van der Waals surface area contributed by atoms with Gasteiger partial charge >= 0.3 is 0 Å². The maximum Gasteiger partial charge on any atom is 0.223 e. The Kier molecular flexibility index (Phi) is 5.86. The molecule has 0 heterocycles. The van der Waals surface area contributed by atoms with Gasteiger partial charge in [0.25, 0.3) is 0 Å². The Morgan fingerprint density at radius 3 is 2.95 bits per heavy atom. The summed E-state index contributed by atoms with van der Waals surface area (Å²) >= 11 is 3.51. The molecule has 110 valence electrons. The molecule has 2 N–H and O–H groups in total. The van der Waals surface area contributed by atoms with Crippen LogP contribution in [0.3, 0.4) is 0 Å². The smallest absolute Gasteiger partial charge is 0.223 e. The summed E-state index contributed by atoms with van der Waals surface area (Å²) in [4.78, 5) is 11.4. The zero-order chi connectivity index (χ0) is 14.4. The topological polar surface area (TPSA) is 50.4 Å². The number of para-hydroxylation sites is 1. The quantitative estimate of drug-likeness (QED) is 0.764. The van der Waals surface area contributed by atoms with Crippen LogP contribution in [-0.4, -0.2) is 25.1 Å². The number of rotatable bonds is 8. The second-order valence-electron chi connectivity index (χ2n) is 4.94. The van der Waals surface area contributed by atoms with Gasteiger partial charge in [0.15, 0.2) is 0 Å². The molecule has 0 bridgehead atoms. The minimum absolute atomic E-state index is 0.0252. The van der Waals surface area contributed by atoms with Gasteiger partial charge in [-0.25, -0.2) is 0 Å². The monoisotopic (exact) mass is 340 g/mol.